The van der Waals surface area contributed by atoms with Gasteiger partial charge in [0, 0.05) is 20.0 Å². The Morgan fingerprint density at radius 1 is 1.47 bits per heavy atom. The minimum atomic E-state index is -0.0229. The number of nitrogens with zero attached hydrogens (tertiary/aromatic N) is 1. The van der Waals surface area contributed by atoms with E-state index < -0.39 is 0 Å². The summed E-state index contributed by atoms with van der Waals surface area (Å²) in [6.07, 6.45) is 0. The zero-order valence-corrected chi connectivity index (χ0v) is 10.8. The summed E-state index contributed by atoms with van der Waals surface area (Å²) in [5, 5.41) is 0.929. The molecule has 0 aromatic carbocycles. The molecule has 2 rings (SSSR count). The second kappa shape index (κ2) is 4.93. The van der Waals surface area contributed by atoms with Crippen molar-refractivity contribution in [1.82, 2.24) is 0 Å². The Hall–Kier alpha value is -1.27. The first-order valence-corrected chi connectivity index (χ1v) is 6.26. The van der Waals surface area contributed by atoms with Crippen molar-refractivity contribution < 1.29 is 14.3 Å². The molecule has 1 fully saturated rings. The number of thiophene rings is 1. The van der Waals surface area contributed by atoms with E-state index in [1.54, 1.807) is 7.11 Å². The van der Waals surface area contributed by atoms with E-state index in [9.17, 15) is 4.79 Å². The quantitative estimate of drug-likeness (QED) is 0.828. The van der Waals surface area contributed by atoms with Gasteiger partial charge in [-0.1, -0.05) is 0 Å². The summed E-state index contributed by atoms with van der Waals surface area (Å²) < 4.78 is 10.6. The maximum Gasteiger partial charge on any atom is 0.177 e. The first-order chi connectivity index (χ1) is 8.15. The van der Waals surface area contributed by atoms with E-state index in [4.69, 9.17) is 15.2 Å². The first-order valence-electron chi connectivity index (χ1n) is 5.45. The summed E-state index contributed by atoms with van der Waals surface area (Å²) in [7, 11) is 1.58. The van der Waals surface area contributed by atoms with Crippen molar-refractivity contribution >= 4 is 27.8 Å². The van der Waals surface area contributed by atoms with Gasteiger partial charge in [0.2, 0.25) is 0 Å². The predicted molar refractivity (Wildman–Crippen MR) is 68.3 cm³/mol. The van der Waals surface area contributed by atoms with Gasteiger partial charge in [-0.25, -0.2) is 0 Å². The Balaban J connectivity index is 2.38. The van der Waals surface area contributed by atoms with Crippen LogP contribution in [-0.2, 0) is 4.74 Å². The molecule has 6 heteroatoms. The van der Waals surface area contributed by atoms with Crippen molar-refractivity contribution in [3.8, 4) is 5.75 Å². The van der Waals surface area contributed by atoms with E-state index in [0.29, 0.717) is 29.5 Å². The van der Waals surface area contributed by atoms with Gasteiger partial charge in [0.15, 0.2) is 11.5 Å². The largest absolute Gasteiger partial charge is 0.492 e. The highest BCUT2D eigenvalue weighted by atomic mass is 32.1. The first kappa shape index (κ1) is 12.2. The van der Waals surface area contributed by atoms with Crippen LogP contribution in [0.5, 0.6) is 5.75 Å². The van der Waals surface area contributed by atoms with Gasteiger partial charge in [0.05, 0.1) is 30.9 Å². The molecule has 0 saturated carbocycles. The van der Waals surface area contributed by atoms with Crippen LogP contribution in [0.2, 0.25) is 0 Å². The van der Waals surface area contributed by atoms with Gasteiger partial charge >= 0.3 is 0 Å². The lowest BCUT2D eigenvalue weighted by Gasteiger charge is -2.27. The zero-order valence-electron chi connectivity index (χ0n) is 9.99. The standard InChI is InChI=1S/C11H16N2O3S/c1-7(14)10-8(12)9(15-2)11(17-10)13-3-5-16-6-4-13/h3-6,12H2,1-2H3. The molecule has 1 aromatic rings. The zero-order chi connectivity index (χ0) is 12.4. The molecule has 0 amide bonds. The molecule has 5 nitrogen and oxygen atoms in total. The SMILES string of the molecule is COc1c(N2CCOCC2)sc(C(C)=O)c1N. The van der Waals surface area contributed by atoms with Crippen LogP contribution in [0.25, 0.3) is 0 Å². The summed E-state index contributed by atoms with van der Waals surface area (Å²) in [5.41, 5.74) is 6.38. The highest BCUT2D eigenvalue weighted by Crippen LogP contribution is 2.44. The highest BCUT2D eigenvalue weighted by molar-refractivity contribution is 7.19. The third kappa shape index (κ3) is 2.23. The average Bonchev–Trinajstić information content (AvgIpc) is 2.67. The van der Waals surface area contributed by atoms with Gasteiger partial charge in [0.1, 0.15) is 5.00 Å². The molecule has 2 N–H and O–H groups in total. The molecule has 0 spiro atoms. The number of ketones is 1. The lowest BCUT2D eigenvalue weighted by Crippen LogP contribution is -2.35. The number of nitrogen functional groups attached to an aromatic ring is 1. The fourth-order valence-electron chi connectivity index (χ4n) is 1.85. The second-order valence-electron chi connectivity index (χ2n) is 3.84. The number of hydrogen-bond acceptors (Lipinski definition) is 6. The number of nitrogens with two attached hydrogens (primary N) is 1. The number of hydrogen-bond donors (Lipinski definition) is 1. The Bertz CT molecular complexity index is 425. The van der Waals surface area contributed by atoms with Crippen molar-refractivity contribution in [2.24, 2.45) is 0 Å². The van der Waals surface area contributed by atoms with Crippen LogP contribution < -0.4 is 15.4 Å². The maximum atomic E-state index is 11.5. The van der Waals surface area contributed by atoms with Crippen molar-refractivity contribution in [2.45, 2.75) is 6.92 Å². The summed E-state index contributed by atoms with van der Waals surface area (Å²) >= 11 is 1.40. The summed E-state index contributed by atoms with van der Waals surface area (Å²) in [6.45, 7) is 4.50. The Morgan fingerprint density at radius 3 is 2.65 bits per heavy atom. The van der Waals surface area contributed by atoms with Crippen molar-refractivity contribution in [1.29, 1.82) is 0 Å². The third-order valence-corrected chi connectivity index (χ3v) is 4.05. The van der Waals surface area contributed by atoms with Gasteiger partial charge in [-0.2, -0.15) is 0 Å². The topological polar surface area (TPSA) is 64.8 Å². The van der Waals surface area contributed by atoms with Crippen LogP contribution >= 0.6 is 11.3 Å². The number of methoxy groups -OCH3 is 1. The van der Waals surface area contributed by atoms with Crippen molar-refractivity contribution in [3.05, 3.63) is 4.88 Å². The molecule has 2 heterocycles. The van der Waals surface area contributed by atoms with Crippen LogP contribution in [0.1, 0.15) is 16.6 Å². The van der Waals surface area contributed by atoms with E-state index in [0.717, 1.165) is 18.1 Å². The van der Waals surface area contributed by atoms with Gasteiger partial charge in [-0.05, 0) is 0 Å². The number of anilines is 2. The van der Waals surface area contributed by atoms with E-state index >= 15 is 0 Å². The van der Waals surface area contributed by atoms with E-state index in [-0.39, 0.29) is 5.78 Å². The molecule has 0 radical (unpaired) electrons. The van der Waals surface area contributed by atoms with Crippen LogP contribution in [0.15, 0.2) is 0 Å². The minimum absolute atomic E-state index is 0.0229. The van der Waals surface area contributed by atoms with Crippen molar-refractivity contribution in [2.75, 3.05) is 44.0 Å². The number of rotatable bonds is 3. The fraction of sp³-hybridized carbons (Fsp3) is 0.545. The maximum absolute atomic E-state index is 11.5. The molecular formula is C11H16N2O3S. The minimum Gasteiger partial charge on any atom is -0.492 e. The summed E-state index contributed by atoms with van der Waals surface area (Å²) in [5.74, 6) is 0.590. The molecule has 1 aromatic heterocycles. The molecule has 0 unspecified atom stereocenters. The number of carbonyl (C=O) groups excluding carboxylic acids is 1. The molecule has 0 atom stereocenters. The smallest absolute Gasteiger partial charge is 0.177 e. The molecule has 1 saturated heterocycles. The van der Waals surface area contributed by atoms with Crippen LogP contribution in [0.3, 0.4) is 0 Å². The molecule has 0 bridgehead atoms. The second-order valence-corrected chi connectivity index (χ2v) is 4.84. The summed E-state index contributed by atoms with van der Waals surface area (Å²) in [4.78, 5) is 14.2. The Morgan fingerprint density at radius 2 is 2.12 bits per heavy atom. The monoisotopic (exact) mass is 256 g/mol. The normalized spacial score (nSPS) is 16.0. The number of ether oxygens (including phenoxy) is 2. The molecule has 0 aliphatic carbocycles. The number of morpholine rings is 1. The lowest BCUT2D eigenvalue weighted by molar-refractivity contribution is 0.102. The molecule has 94 valence electrons. The van der Waals surface area contributed by atoms with Crippen LogP contribution in [-0.4, -0.2) is 39.2 Å². The fourth-order valence-corrected chi connectivity index (χ4v) is 2.99. The van der Waals surface area contributed by atoms with Crippen LogP contribution in [0, 0.1) is 0 Å². The highest BCUT2D eigenvalue weighted by Gasteiger charge is 2.24. The van der Waals surface area contributed by atoms with Crippen molar-refractivity contribution in [3.63, 3.8) is 0 Å². The van der Waals surface area contributed by atoms with Gasteiger partial charge < -0.3 is 20.1 Å². The van der Waals surface area contributed by atoms with E-state index in [1.165, 1.54) is 18.3 Å². The molecular weight excluding hydrogens is 240 g/mol. The number of carbonyl (C=O) groups is 1. The van der Waals surface area contributed by atoms with E-state index in [1.807, 2.05) is 0 Å². The van der Waals surface area contributed by atoms with Crippen LogP contribution in [0.4, 0.5) is 10.7 Å². The lowest BCUT2D eigenvalue weighted by atomic mass is 10.3. The average molecular weight is 256 g/mol. The van der Waals surface area contributed by atoms with Gasteiger partial charge in [0.25, 0.3) is 0 Å². The van der Waals surface area contributed by atoms with Gasteiger partial charge in [-0.15, -0.1) is 11.3 Å². The molecule has 17 heavy (non-hydrogen) atoms. The predicted octanol–water partition coefficient (Wildman–Crippen LogP) is 1.38. The summed E-state index contributed by atoms with van der Waals surface area (Å²) in [6, 6.07) is 0. The molecule has 1 aliphatic rings. The van der Waals surface area contributed by atoms with E-state index in [2.05, 4.69) is 4.90 Å². The Labute approximate surface area is 104 Å². The third-order valence-electron chi connectivity index (χ3n) is 2.70. The van der Waals surface area contributed by atoms with Gasteiger partial charge in [-0.3, -0.25) is 4.79 Å². The Kier molecular flexibility index (Phi) is 3.54. The molecule has 1 aliphatic heterocycles. The number of Topliss-reactive ketones (excluding diaryl/α,β-unsaturated/α-hetero) is 1.